The Balaban J connectivity index is 2.41. The van der Waals surface area contributed by atoms with E-state index in [0.29, 0.717) is 13.0 Å². The fourth-order valence-corrected chi connectivity index (χ4v) is 2.34. The first-order chi connectivity index (χ1) is 8.52. The van der Waals surface area contributed by atoms with Crippen LogP contribution in [-0.2, 0) is 9.59 Å². The summed E-state index contributed by atoms with van der Waals surface area (Å²) in [5.74, 6) is -1.16. The first kappa shape index (κ1) is 15.0. The van der Waals surface area contributed by atoms with Crippen LogP contribution in [-0.4, -0.2) is 36.6 Å². The van der Waals surface area contributed by atoms with Gasteiger partial charge in [-0.15, -0.1) is 0 Å². The molecule has 1 fully saturated rings. The fraction of sp³-hybridized carbons (Fsp3) is 0.846. The highest BCUT2D eigenvalue weighted by atomic mass is 16.4. The quantitative estimate of drug-likeness (QED) is 0.662. The maximum Gasteiger partial charge on any atom is 0.306 e. The first-order valence-electron chi connectivity index (χ1n) is 6.73. The number of amides is 1. The zero-order chi connectivity index (χ0) is 13.6. The molecule has 0 radical (unpaired) electrons. The second kappa shape index (κ2) is 6.73. The van der Waals surface area contributed by atoms with Crippen molar-refractivity contribution in [3.63, 3.8) is 0 Å². The Morgan fingerprint density at radius 2 is 2.22 bits per heavy atom. The largest absolute Gasteiger partial charge is 0.481 e. The number of carbonyl (C=O) groups is 2. The second-order valence-corrected chi connectivity index (χ2v) is 5.20. The van der Waals surface area contributed by atoms with Gasteiger partial charge in [-0.3, -0.25) is 9.59 Å². The molecule has 1 amide bonds. The molecule has 0 spiro atoms. The minimum Gasteiger partial charge on any atom is -0.481 e. The van der Waals surface area contributed by atoms with Crippen molar-refractivity contribution >= 4 is 11.9 Å². The van der Waals surface area contributed by atoms with Gasteiger partial charge in [-0.1, -0.05) is 13.8 Å². The molecule has 1 aliphatic heterocycles. The molecule has 1 saturated heterocycles. The minimum atomic E-state index is -0.811. The maximum absolute atomic E-state index is 12.2. The molecule has 104 valence electrons. The summed E-state index contributed by atoms with van der Waals surface area (Å²) >= 11 is 0. The van der Waals surface area contributed by atoms with Gasteiger partial charge >= 0.3 is 5.97 Å². The molecular weight excluding hydrogens is 232 g/mol. The third kappa shape index (κ3) is 3.70. The monoisotopic (exact) mass is 256 g/mol. The van der Waals surface area contributed by atoms with Crippen LogP contribution in [0.5, 0.6) is 0 Å². The molecule has 5 heteroatoms. The van der Waals surface area contributed by atoms with Gasteiger partial charge in [0.25, 0.3) is 0 Å². The Bertz CT molecular complexity index is 299. The van der Waals surface area contributed by atoms with Gasteiger partial charge in [0.2, 0.25) is 5.91 Å². The number of rotatable bonds is 6. The van der Waals surface area contributed by atoms with Crippen LogP contribution in [0.3, 0.4) is 0 Å². The van der Waals surface area contributed by atoms with Gasteiger partial charge in [0.1, 0.15) is 0 Å². The molecule has 0 saturated carbocycles. The number of aliphatic carboxylic acids is 1. The van der Waals surface area contributed by atoms with E-state index in [1.807, 2.05) is 6.92 Å². The Morgan fingerprint density at radius 1 is 1.50 bits per heavy atom. The summed E-state index contributed by atoms with van der Waals surface area (Å²) < 4.78 is 0. The van der Waals surface area contributed by atoms with Gasteiger partial charge in [-0.2, -0.15) is 0 Å². The molecule has 1 heterocycles. The molecule has 0 bridgehead atoms. The smallest absolute Gasteiger partial charge is 0.306 e. The Hall–Kier alpha value is -1.10. The summed E-state index contributed by atoms with van der Waals surface area (Å²) in [5.41, 5.74) is -0.301. The average Bonchev–Trinajstić information content (AvgIpc) is 2.39. The van der Waals surface area contributed by atoms with E-state index in [1.54, 1.807) is 6.92 Å². The number of nitrogens with one attached hydrogen (secondary N) is 2. The lowest BCUT2D eigenvalue weighted by atomic mass is 9.77. The molecule has 2 atom stereocenters. The molecular formula is C13H24N2O3. The number of hydrogen-bond acceptors (Lipinski definition) is 3. The van der Waals surface area contributed by atoms with Gasteiger partial charge in [-0.05, 0) is 32.2 Å². The van der Waals surface area contributed by atoms with Crippen molar-refractivity contribution in [2.75, 3.05) is 19.6 Å². The maximum atomic E-state index is 12.2. The van der Waals surface area contributed by atoms with Crippen molar-refractivity contribution < 1.29 is 14.7 Å². The number of carboxylic acids is 1. The molecule has 0 aromatic carbocycles. The van der Waals surface area contributed by atoms with E-state index in [-0.39, 0.29) is 11.3 Å². The number of carbonyl (C=O) groups excluding carboxylic acids is 1. The molecule has 1 rings (SSSR count). The van der Waals surface area contributed by atoms with E-state index in [1.165, 1.54) is 0 Å². The van der Waals surface area contributed by atoms with Crippen molar-refractivity contribution in [2.24, 2.45) is 11.3 Å². The van der Waals surface area contributed by atoms with Crippen LogP contribution in [0, 0.1) is 11.3 Å². The SMILES string of the molecule is CCC1(C(=O)NCCC(C)C(=O)O)CCCNC1. The van der Waals surface area contributed by atoms with Crippen molar-refractivity contribution in [2.45, 2.75) is 39.5 Å². The zero-order valence-corrected chi connectivity index (χ0v) is 11.3. The van der Waals surface area contributed by atoms with Crippen LogP contribution in [0.15, 0.2) is 0 Å². The van der Waals surface area contributed by atoms with Crippen molar-refractivity contribution in [1.29, 1.82) is 0 Å². The van der Waals surface area contributed by atoms with E-state index in [4.69, 9.17) is 5.11 Å². The second-order valence-electron chi connectivity index (χ2n) is 5.20. The van der Waals surface area contributed by atoms with Crippen LogP contribution in [0.1, 0.15) is 39.5 Å². The molecule has 0 aromatic rings. The molecule has 0 aromatic heterocycles. The Morgan fingerprint density at radius 3 is 2.72 bits per heavy atom. The van der Waals surface area contributed by atoms with E-state index < -0.39 is 11.9 Å². The van der Waals surface area contributed by atoms with E-state index in [9.17, 15) is 9.59 Å². The van der Waals surface area contributed by atoms with E-state index >= 15 is 0 Å². The predicted molar refractivity (Wildman–Crippen MR) is 69.3 cm³/mol. The standard InChI is InChI=1S/C13H24N2O3/c1-3-13(6-4-7-14-9-13)12(18)15-8-5-10(2)11(16)17/h10,14H,3-9H2,1-2H3,(H,15,18)(H,16,17). The minimum absolute atomic E-state index is 0.0646. The predicted octanol–water partition coefficient (Wildman–Crippen LogP) is 0.993. The van der Waals surface area contributed by atoms with Crippen LogP contribution >= 0.6 is 0 Å². The fourth-order valence-electron chi connectivity index (χ4n) is 2.34. The normalized spacial score (nSPS) is 25.4. The molecule has 0 aliphatic carbocycles. The Kier molecular flexibility index (Phi) is 5.59. The van der Waals surface area contributed by atoms with Crippen molar-refractivity contribution in [3.05, 3.63) is 0 Å². The van der Waals surface area contributed by atoms with Crippen molar-refractivity contribution in [3.8, 4) is 0 Å². The van der Waals surface area contributed by atoms with Gasteiger partial charge in [-0.25, -0.2) is 0 Å². The highest BCUT2D eigenvalue weighted by Gasteiger charge is 2.37. The average molecular weight is 256 g/mol. The highest BCUT2D eigenvalue weighted by molar-refractivity contribution is 5.83. The summed E-state index contributed by atoms with van der Waals surface area (Å²) in [4.78, 5) is 22.9. The summed E-state index contributed by atoms with van der Waals surface area (Å²) in [7, 11) is 0. The number of piperidine rings is 1. The molecule has 3 N–H and O–H groups in total. The van der Waals surface area contributed by atoms with Crippen LogP contribution in [0.2, 0.25) is 0 Å². The van der Waals surface area contributed by atoms with Gasteiger partial charge in [0.15, 0.2) is 0 Å². The summed E-state index contributed by atoms with van der Waals surface area (Å²) in [6.07, 6.45) is 3.23. The first-order valence-corrected chi connectivity index (χ1v) is 6.73. The topological polar surface area (TPSA) is 78.4 Å². The summed E-state index contributed by atoms with van der Waals surface area (Å²) in [5, 5.41) is 14.9. The number of hydrogen-bond donors (Lipinski definition) is 3. The van der Waals surface area contributed by atoms with Crippen molar-refractivity contribution in [1.82, 2.24) is 10.6 Å². The lowest BCUT2D eigenvalue weighted by Crippen LogP contribution is -2.50. The molecule has 1 aliphatic rings. The lowest BCUT2D eigenvalue weighted by Gasteiger charge is -2.35. The van der Waals surface area contributed by atoms with Crippen LogP contribution < -0.4 is 10.6 Å². The summed E-state index contributed by atoms with van der Waals surface area (Å²) in [6.45, 7) is 5.83. The molecule has 18 heavy (non-hydrogen) atoms. The summed E-state index contributed by atoms with van der Waals surface area (Å²) in [6, 6.07) is 0. The van der Waals surface area contributed by atoms with Gasteiger partial charge < -0.3 is 15.7 Å². The molecule has 5 nitrogen and oxygen atoms in total. The Labute approximate surface area is 108 Å². The molecule has 2 unspecified atom stereocenters. The lowest BCUT2D eigenvalue weighted by molar-refractivity contribution is -0.141. The zero-order valence-electron chi connectivity index (χ0n) is 11.3. The van der Waals surface area contributed by atoms with E-state index in [2.05, 4.69) is 10.6 Å². The third-order valence-corrected chi connectivity index (χ3v) is 3.92. The number of carboxylic acid groups (broad SMARTS) is 1. The van der Waals surface area contributed by atoms with Crippen LogP contribution in [0.4, 0.5) is 0 Å². The van der Waals surface area contributed by atoms with Crippen LogP contribution in [0.25, 0.3) is 0 Å². The third-order valence-electron chi connectivity index (χ3n) is 3.92. The van der Waals surface area contributed by atoms with Gasteiger partial charge in [0.05, 0.1) is 11.3 Å². The van der Waals surface area contributed by atoms with Gasteiger partial charge in [0, 0.05) is 13.1 Å². The highest BCUT2D eigenvalue weighted by Crippen LogP contribution is 2.30. The van der Waals surface area contributed by atoms with E-state index in [0.717, 1.165) is 32.4 Å².